The Labute approximate surface area is 111 Å². The van der Waals surface area contributed by atoms with Gasteiger partial charge in [-0.05, 0) is 25.0 Å². The van der Waals surface area contributed by atoms with E-state index < -0.39 is 17.5 Å². The van der Waals surface area contributed by atoms with Crippen molar-refractivity contribution in [2.75, 3.05) is 13.2 Å². The molecule has 19 heavy (non-hydrogen) atoms. The number of hydrogen-bond donors (Lipinski definition) is 2. The number of carbonyl (C=O) groups excluding carboxylic acids is 1. The van der Waals surface area contributed by atoms with Gasteiger partial charge in [0.05, 0.1) is 6.61 Å². The van der Waals surface area contributed by atoms with Crippen LogP contribution in [0.4, 0.5) is 8.78 Å². The number of amides is 1. The molecule has 0 saturated carbocycles. The lowest BCUT2D eigenvalue weighted by molar-refractivity contribution is 0.0850. The Kier molecular flexibility index (Phi) is 5.42. The second kappa shape index (κ2) is 6.61. The van der Waals surface area contributed by atoms with Crippen LogP contribution in [-0.2, 0) is 0 Å². The van der Waals surface area contributed by atoms with E-state index in [9.17, 15) is 18.7 Å². The maximum atomic E-state index is 13.0. The summed E-state index contributed by atoms with van der Waals surface area (Å²) in [6.07, 6.45) is 1.41. The Balaban J connectivity index is 2.74. The molecule has 0 aliphatic rings. The van der Waals surface area contributed by atoms with Crippen LogP contribution < -0.4 is 5.32 Å². The van der Waals surface area contributed by atoms with Crippen LogP contribution >= 0.6 is 0 Å². The van der Waals surface area contributed by atoms with Gasteiger partial charge in [-0.15, -0.1) is 0 Å². The fourth-order valence-electron chi connectivity index (χ4n) is 1.83. The van der Waals surface area contributed by atoms with Gasteiger partial charge in [0.2, 0.25) is 0 Å². The summed E-state index contributed by atoms with van der Waals surface area (Å²) in [5, 5.41) is 12.0. The maximum Gasteiger partial charge on any atom is 0.251 e. The van der Waals surface area contributed by atoms with Gasteiger partial charge in [0.25, 0.3) is 5.91 Å². The average molecular weight is 271 g/mol. The molecule has 1 aromatic rings. The minimum atomic E-state index is -0.787. The largest absolute Gasteiger partial charge is 0.396 e. The predicted molar refractivity (Wildman–Crippen MR) is 68.8 cm³/mol. The monoisotopic (exact) mass is 271 g/mol. The van der Waals surface area contributed by atoms with E-state index in [1.54, 1.807) is 0 Å². The summed E-state index contributed by atoms with van der Waals surface area (Å²) >= 11 is 0. The minimum absolute atomic E-state index is 0.0439. The van der Waals surface area contributed by atoms with Crippen molar-refractivity contribution >= 4 is 5.91 Å². The molecule has 0 fully saturated rings. The first-order chi connectivity index (χ1) is 8.96. The molecule has 0 aliphatic heterocycles. The third-order valence-electron chi connectivity index (χ3n) is 3.58. The van der Waals surface area contributed by atoms with Gasteiger partial charge >= 0.3 is 0 Å². The van der Waals surface area contributed by atoms with Crippen LogP contribution in [-0.4, -0.2) is 24.2 Å². The molecule has 0 spiro atoms. The molecule has 5 heteroatoms. The number of carbonyl (C=O) groups is 1. The molecular weight excluding hydrogens is 252 g/mol. The van der Waals surface area contributed by atoms with E-state index in [2.05, 4.69) is 5.32 Å². The van der Waals surface area contributed by atoms with Crippen molar-refractivity contribution in [2.45, 2.75) is 26.7 Å². The van der Waals surface area contributed by atoms with Crippen LogP contribution in [0.5, 0.6) is 0 Å². The lowest BCUT2D eigenvalue weighted by Crippen LogP contribution is -2.39. The summed E-state index contributed by atoms with van der Waals surface area (Å²) in [6.45, 7) is 4.08. The number of nitrogens with one attached hydrogen (secondary N) is 1. The molecule has 0 unspecified atom stereocenters. The van der Waals surface area contributed by atoms with E-state index in [0.29, 0.717) is 18.9 Å². The standard InChI is InChI=1S/C14H19F2NO2/c1-3-14(4-2,9-18)8-17-13(19)10-5-11(15)7-12(16)6-10/h5-7,18H,3-4,8-9H2,1-2H3,(H,17,19). The van der Waals surface area contributed by atoms with E-state index in [1.807, 2.05) is 13.8 Å². The van der Waals surface area contributed by atoms with Gasteiger partial charge in [-0.2, -0.15) is 0 Å². The Morgan fingerprint density at radius 1 is 1.21 bits per heavy atom. The molecular formula is C14H19F2NO2. The number of aliphatic hydroxyl groups excluding tert-OH is 1. The van der Waals surface area contributed by atoms with Crippen LogP contribution in [0.15, 0.2) is 18.2 Å². The maximum absolute atomic E-state index is 13.0. The highest BCUT2D eigenvalue weighted by molar-refractivity contribution is 5.94. The zero-order valence-electron chi connectivity index (χ0n) is 11.2. The van der Waals surface area contributed by atoms with E-state index in [4.69, 9.17) is 0 Å². The highest BCUT2D eigenvalue weighted by Gasteiger charge is 2.26. The van der Waals surface area contributed by atoms with Crippen LogP contribution in [0.25, 0.3) is 0 Å². The SMILES string of the molecule is CCC(CC)(CO)CNC(=O)c1cc(F)cc(F)c1. The quantitative estimate of drug-likeness (QED) is 0.835. The smallest absolute Gasteiger partial charge is 0.251 e. The first-order valence-corrected chi connectivity index (χ1v) is 6.31. The van der Waals surface area contributed by atoms with Gasteiger partial charge in [0.15, 0.2) is 0 Å². The molecule has 1 rings (SSSR count). The van der Waals surface area contributed by atoms with Crippen LogP contribution in [0, 0.1) is 17.0 Å². The first-order valence-electron chi connectivity index (χ1n) is 6.31. The third-order valence-corrected chi connectivity index (χ3v) is 3.58. The van der Waals surface area contributed by atoms with E-state index >= 15 is 0 Å². The molecule has 0 atom stereocenters. The fraction of sp³-hybridized carbons (Fsp3) is 0.500. The Hall–Kier alpha value is -1.49. The zero-order chi connectivity index (χ0) is 14.5. The highest BCUT2D eigenvalue weighted by atomic mass is 19.1. The molecule has 1 aromatic carbocycles. The van der Waals surface area contributed by atoms with Gasteiger partial charge in [-0.1, -0.05) is 13.8 Å². The summed E-state index contributed by atoms with van der Waals surface area (Å²) in [5.74, 6) is -2.12. The lowest BCUT2D eigenvalue weighted by Gasteiger charge is -2.29. The van der Waals surface area contributed by atoms with Gasteiger partial charge in [-0.25, -0.2) is 8.78 Å². The number of halogens is 2. The van der Waals surface area contributed by atoms with Crippen LogP contribution in [0.1, 0.15) is 37.0 Å². The fourth-order valence-corrected chi connectivity index (χ4v) is 1.83. The van der Waals surface area contributed by atoms with Crippen molar-refractivity contribution < 1.29 is 18.7 Å². The molecule has 0 saturated heterocycles. The van der Waals surface area contributed by atoms with Gasteiger partial charge in [-0.3, -0.25) is 4.79 Å². The summed E-state index contributed by atoms with van der Waals surface area (Å²) in [4.78, 5) is 11.8. The number of benzene rings is 1. The predicted octanol–water partition coefficient (Wildman–Crippen LogP) is 2.49. The molecule has 106 valence electrons. The Morgan fingerprint density at radius 2 is 1.74 bits per heavy atom. The Bertz CT molecular complexity index is 417. The van der Waals surface area contributed by atoms with Gasteiger partial charge in [0.1, 0.15) is 11.6 Å². The molecule has 0 aliphatic carbocycles. The molecule has 0 heterocycles. The topological polar surface area (TPSA) is 49.3 Å². The molecule has 0 bridgehead atoms. The van der Waals surface area contributed by atoms with Crippen molar-refractivity contribution in [1.82, 2.24) is 5.32 Å². The van der Waals surface area contributed by atoms with Gasteiger partial charge < -0.3 is 10.4 Å². The molecule has 3 nitrogen and oxygen atoms in total. The normalized spacial score (nSPS) is 11.4. The summed E-state index contributed by atoms with van der Waals surface area (Å²) in [5.41, 5.74) is -0.446. The summed E-state index contributed by atoms with van der Waals surface area (Å²) in [6, 6.07) is 2.68. The summed E-state index contributed by atoms with van der Waals surface area (Å²) < 4.78 is 26.0. The zero-order valence-corrected chi connectivity index (χ0v) is 11.2. The second-order valence-electron chi connectivity index (χ2n) is 4.71. The van der Waals surface area contributed by atoms with Crippen molar-refractivity contribution in [1.29, 1.82) is 0 Å². The highest BCUT2D eigenvalue weighted by Crippen LogP contribution is 2.24. The van der Waals surface area contributed by atoms with E-state index in [0.717, 1.165) is 12.1 Å². The van der Waals surface area contributed by atoms with Crippen molar-refractivity contribution in [3.05, 3.63) is 35.4 Å². The average Bonchev–Trinajstić information content (AvgIpc) is 2.39. The molecule has 0 aromatic heterocycles. The Morgan fingerprint density at radius 3 is 2.16 bits per heavy atom. The number of aliphatic hydroxyl groups is 1. The summed E-state index contributed by atoms with van der Waals surface area (Å²) in [7, 11) is 0. The molecule has 1 amide bonds. The van der Waals surface area contributed by atoms with Crippen LogP contribution in [0.3, 0.4) is 0 Å². The molecule has 2 N–H and O–H groups in total. The second-order valence-corrected chi connectivity index (χ2v) is 4.71. The van der Waals surface area contributed by atoms with E-state index in [1.165, 1.54) is 0 Å². The van der Waals surface area contributed by atoms with Crippen molar-refractivity contribution in [3.63, 3.8) is 0 Å². The van der Waals surface area contributed by atoms with Crippen LogP contribution in [0.2, 0.25) is 0 Å². The van der Waals surface area contributed by atoms with Crippen molar-refractivity contribution in [3.8, 4) is 0 Å². The molecule has 0 radical (unpaired) electrons. The van der Waals surface area contributed by atoms with Gasteiger partial charge in [0, 0.05) is 23.6 Å². The number of rotatable bonds is 6. The van der Waals surface area contributed by atoms with Crippen molar-refractivity contribution in [2.24, 2.45) is 5.41 Å². The first kappa shape index (κ1) is 15.6. The lowest BCUT2D eigenvalue weighted by atomic mass is 9.83. The minimum Gasteiger partial charge on any atom is -0.396 e. The van der Waals surface area contributed by atoms with E-state index in [-0.39, 0.29) is 24.1 Å². The number of hydrogen-bond acceptors (Lipinski definition) is 2. The third kappa shape index (κ3) is 3.99.